The number of phenols is 1. The second-order valence-corrected chi connectivity index (χ2v) is 8.10. The first-order chi connectivity index (χ1) is 13.2. The highest BCUT2D eigenvalue weighted by molar-refractivity contribution is 6.32. The number of nitro benzene ring substituents is 1. The second-order valence-electron chi connectivity index (χ2n) is 7.26. The number of nitro groups is 1. The second kappa shape index (κ2) is 9.34. The van der Waals surface area contributed by atoms with Crippen LogP contribution in [0.3, 0.4) is 0 Å². The van der Waals surface area contributed by atoms with Crippen molar-refractivity contribution < 1.29 is 10.0 Å². The van der Waals surface area contributed by atoms with Crippen molar-refractivity contribution in [2.75, 3.05) is 0 Å². The van der Waals surface area contributed by atoms with E-state index in [-0.39, 0.29) is 38.3 Å². The molecule has 0 radical (unpaired) electrons. The van der Waals surface area contributed by atoms with Crippen molar-refractivity contribution in [2.45, 2.75) is 51.9 Å². The molecule has 0 bridgehead atoms. The van der Waals surface area contributed by atoms with E-state index in [2.05, 4.69) is 31.0 Å². The molecule has 0 fully saturated rings. The molecular weight excluding hydrogens is 401 g/mol. The molecule has 28 heavy (non-hydrogen) atoms. The molecule has 0 saturated carbocycles. The summed E-state index contributed by atoms with van der Waals surface area (Å²) in [5.74, 6) is -0.213. The number of halogens is 2. The van der Waals surface area contributed by atoms with Crippen LogP contribution in [0.4, 0.5) is 17.1 Å². The number of aromatic hydroxyl groups is 1. The first-order valence-corrected chi connectivity index (χ1v) is 9.80. The summed E-state index contributed by atoms with van der Waals surface area (Å²) in [5.41, 5.74) is 0.694. The Balaban J connectivity index is 2.40. The summed E-state index contributed by atoms with van der Waals surface area (Å²) in [7, 11) is 0. The maximum Gasteiger partial charge on any atom is 0.298 e. The van der Waals surface area contributed by atoms with Crippen LogP contribution in [-0.2, 0) is 5.41 Å². The van der Waals surface area contributed by atoms with Gasteiger partial charge in [0.2, 0.25) is 0 Å². The number of rotatable bonds is 8. The van der Waals surface area contributed by atoms with Gasteiger partial charge in [-0.1, -0.05) is 63.2 Å². The van der Waals surface area contributed by atoms with Gasteiger partial charge in [-0.25, -0.2) is 0 Å². The largest absolute Gasteiger partial charge is 0.504 e. The third kappa shape index (κ3) is 5.42. The van der Waals surface area contributed by atoms with Gasteiger partial charge in [0.15, 0.2) is 11.4 Å². The summed E-state index contributed by atoms with van der Waals surface area (Å²) < 4.78 is 0. The van der Waals surface area contributed by atoms with Crippen LogP contribution in [0, 0.1) is 10.1 Å². The Hall–Kier alpha value is -2.18. The Labute approximate surface area is 174 Å². The summed E-state index contributed by atoms with van der Waals surface area (Å²) in [6.07, 6.45) is 4.31. The fourth-order valence-corrected chi connectivity index (χ4v) is 3.23. The molecule has 1 N–H and O–H groups in total. The monoisotopic (exact) mass is 423 g/mol. The van der Waals surface area contributed by atoms with Gasteiger partial charge in [-0.05, 0) is 41.7 Å². The SMILES string of the molecule is CCCCCC(C)(C)c1cc(Cl)c(O)c(N=Nc2ccc(Cl)cc2[N+](=O)[O-])c1. The lowest BCUT2D eigenvalue weighted by Crippen LogP contribution is -2.16. The van der Waals surface area contributed by atoms with Crippen LogP contribution in [0.1, 0.15) is 52.0 Å². The van der Waals surface area contributed by atoms with Crippen LogP contribution in [-0.4, -0.2) is 10.0 Å². The fraction of sp³-hybridized carbons (Fsp3) is 0.400. The van der Waals surface area contributed by atoms with Crippen LogP contribution in [0.15, 0.2) is 40.6 Å². The molecule has 2 aromatic rings. The van der Waals surface area contributed by atoms with E-state index < -0.39 is 4.92 Å². The van der Waals surface area contributed by atoms with Crippen molar-refractivity contribution in [3.8, 4) is 5.75 Å². The third-order valence-electron chi connectivity index (χ3n) is 4.63. The minimum absolute atomic E-state index is 0.0394. The minimum atomic E-state index is -0.583. The normalized spacial score (nSPS) is 11.9. The Morgan fingerprint density at radius 2 is 1.79 bits per heavy atom. The molecule has 0 aliphatic carbocycles. The molecule has 0 atom stereocenters. The standard InChI is InChI=1S/C20H23Cl2N3O3/c1-4-5-6-9-20(2,3)13-10-15(22)19(26)17(11-13)24-23-16-8-7-14(21)12-18(16)25(27)28/h7-8,10-12,26H,4-6,9H2,1-3H3. The van der Waals surface area contributed by atoms with Gasteiger partial charge < -0.3 is 5.11 Å². The van der Waals surface area contributed by atoms with E-state index in [4.69, 9.17) is 23.2 Å². The van der Waals surface area contributed by atoms with Gasteiger partial charge >= 0.3 is 0 Å². The molecule has 0 spiro atoms. The van der Waals surface area contributed by atoms with Gasteiger partial charge in [0, 0.05) is 11.1 Å². The number of phenolic OH excluding ortho intramolecular Hbond substituents is 1. The molecule has 2 aromatic carbocycles. The zero-order chi connectivity index (χ0) is 20.9. The summed E-state index contributed by atoms with van der Waals surface area (Å²) in [5, 5.41) is 29.8. The third-order valence-corrected chi connectivity index (χ3v) is 5.15. The Bertz CT molecular complexity index is 899. The van der Waals surface area contributed by atoms with Gasteiger partial charge in [0.1, 0.15) is 5.69 Å². The number of unbranched alkanes of at least 4 members (excludes halogenated alkanes) is 2. The average molecular weight is 424 g/mol. The van der Waals surface area contributed by atoms with E-state index >= 15 is 0 Å². The van der Waals surface area contributed by atoms with Gasteiger partial charge in [-0.2, -0.15) is 0 Å². The molecule has 0 heterocycles. The topological polar surface area (TPSA) is 88.1 Å². The minimum Gasteiger partial charge on any atom is -0.504 e. The van der Waals surface area contributed by atoms with Crippen molar-refractivity contribution in [2.24, 2.45) is 10.2 Å². The number of hydrogen-bond acceptors (Lipinski definition) is 5. The van der Waals surface area contributed by atoms with Crippen LogP contribution in [0.25, 0.3) is 0 Å². The van der Waals surface area contributed by atoms with Crippen LogP contribution in [0.5, 0.6) is 5.75 Å². The number of hydrogen-bond donors (Lipinski definition) is 1. The van der Waals surface area contributed by atoms with Crippen LogP contribution < -0.4 is 0 Å². The molecule has 0 amide bonds. The highest BCUT2D eigenvalue weighted by Gasteiger charge is 2.23. The first kappa shape index (κ1) is 22.1. The van der Waals surface area contributed by atoms with Gasteiger partial charge in [0.05, 0.1) is 9.95 Å². The molecule has 0 aliphatic rings. The average Bonchev–Trinajstić information content (AvgIpc) is 2.63. The summed E-state index contributed by atoms with van der Waals surface area (Å²) in [6.45, 7) is 6.37. The number of nitrogens with zero attached hydrogens (tertiary/aromatic N) is 3. The number of azo groups is 1. The van der Waals surface area contributed by atoms with Gasteiger partial charge in [0.25, 0.3) is 5.69 Å². The maximum absolute atomic E-state index is 11.2. The molecule has 2 rings (SSSR count). The van der Waals surface area contributed by atoms with Crippen molar-refractivity contribution >= 4 is 40.3 Å². The summed E-state index contributed by atoms with van der Waals surface area (Å²) in [6, 6.07) is 7.55. The quantitative estimate of drug-likeness (QED) is 0.202. The van der Waals surface area contributed by atoms with E-state index in [1.54, 1.807) is 12.1 Å². The zero-order valence-electron chi connectivity index (χ0n) is 16.1. The van der Waals surface area contributed by atoms with Crippen LogP contribution in [0.2, 0.25) is 10.0 Å². The highest BCUT2D eigenvalue weighted by atomic mass is 35.5. The Kier molecular flexibility index (Phi) is 7.38. The molecule has 150 valence electrons. The van der Waals surface area contributed by atoms with Gasteiger partial charge in [-0.3, -0.25) is 10.1 Å². The van der Waals surface area contributed by atoms with Crippen molar-refractivity contribution in [1.29, 1.82) is 0 Å². The molecular formula is C20H23Cl2N3O3. The lowest BCUT2D eigenvalue weighted by molar-refractivity contribution is -0.384. The van der Waals surface area contributed by atoms with E-state index in [0.29, 0.717) is 0 Å². The Morgan fingerprint density at radius 1 is 1.11 bits per heavy atom. The number of benzene rings is 2. The van der Waals surface area contributed by atoms with Crippen molar-refractivity contribution in [1.82, 2.24) is 0 Å². The van der Waals surface area contributed by atoms with E-state index in [1.807, 2.05) is 0 Å². The van der Waals surface area contributed by atoms with Crippen molar-refractivity contribution in [3.63, 3.8) is 0 Å². The zero-order valence-corrected chi connectivity index (χ0v) is 17.6. The lowest BCUT2D eigenvalue weighted by Gasteiger charge is -2.26. The van der Waals surface area contributed by atoms with E-state index in [1.165, 1.54) is 18.2 Å². The summed E-state index contributed by atoms with van der Waals surface area (Å²) >= 11 is 12.0. The predicted octanol–water partition coefficient (Wildman–Crippen LogP) is 7.88. The first-order valence-electron chi connectivity index (χ1n) is 9.04. The molecule has 0 aliphatic heterocycles. The summed E-state index contributed by atoms with van der Waals surface area (Å²) in [4.78, 5) is 10.6. The van der Waals surface area contributed by atoms with Crippen LogP contribution >= 0.6 is 23.2 Å². The van der Waals surface area contributed by atoms with Gasteiger partial charge in [-0.15, -0.1) is 10.2 Å². The molecule has 0 saturated heterocycles. The Morgan fingerprint density at radius 3 is 2.43 bits per heavy atom. The van der Waals surface area contributed by atoms with Crippen molar-refractivity contribution in [3.05, 3.63) is 56.1 Å². The predicted molar refractivity (Wildman–Crippen MR) is 113 cm³/mol. The smallest absolute Gasteiger partial charge is 0.298 e. The molecule has 0 unspecified atom stereocenters. The van der Waals surface area contributed by atoms with E-state index in [0.717, 1.165) is 31.2 Å². The molecule has 6 nitrogen and oxygen atoms in total. The highest BCUT2D eigenvalue weighted by Crippen LogP contribution is 2.41. The lowest BCUT2D eigenvalue weighted by atomic mass is 9.80. The molecule has 0 aromatic heterocycles. The van der Waals surface area contributed by atoms with E-state index in [9.17, 15) is 15.2 Å². The fourth-order valence-electron chi connectivity index (χ4n) is 2.85. The molecule has 8 heteroatoms. The maximum atomic E-state index is 11.2.